The summed E-state index contributed by atoms with van der Waals surface area (Å²) in [5.74, 6) is 0.0320. The van der Waals surface area contributed by atoms with E-state index in [-0.39, 0.29) is 11.5 Å². The summed E-state index contributed by atoms with van der Waals surface area (Å²) in [7, 11) is 0. The van der Waals surface area contributed by atoms with Gasteiger partial charge in [-0.3, -0.25) is 9.78 Å². The second kappa shape index (κ2) is 8.09. The van der Waals surface area contributed by atoms with Gasteiger partial charge < -0.3 is 15.0 Å². The molecular formula is C21H27N3O2S. The molecule has 5 nitrogen and oxygen atoms in total. The van der Waals surface area contributed by atoms with Crippen LogP contribution in [0.15, 0.2) is 30.6 Å². The molecule has 2 aliphatic heterocycles. The van der Waals surface area contributed by atoms with E-state index in [1.807, 2.05) is 12.1 Å². The van der Waals surface area contributed by atoms with E-state index in [1.165, 1.54) is 16.0 Å². The summed E-state index contributed by atoms with van der Waals surface area (Å²) in [6.07, 6.45) is 7.35. The number of hydrogen-bond acceptors (Lipinski definition) is 5. The molecule has 6 heteroatoms. The Morgan fingerprint density at radius 1 is 1.33 bits per heavy atom. The lowest BCUT2D eigenvalue weighted by molar-refractivity contribution is -0.0944. The van der Waals surface area contributed by atoms with Gasteiger partial charge in [0.2, 0.25) is 0 Å². The number of amides is 1. The van der Waals surface area contributed by atoms with Crippen LogP contribution in [0.3, 0.4) is 0 Å². The fourth-order valence-electron chi connectivity index (χ4n) is 4.09. The predicted octanol–water partition coefficient (Wildman–Crippen LogP) is 3.00. The van der Waals surface area contributed by atoms with Crippen molar-refractivity contribution in [1.29, 1.82) is 0 Å². The number of fused-ring (bicyclic) bond motifs is 2. The normalized spacial score (nSPS) is 19.0. The van der Waals surface area contributed by atoms with Crippen LogP contribution in [0.25, 0.3) is 0 Å². The maximum absolute atomic E-state index is 12.7. The molecule has 1 spiro atoms. The SMILES string of the molecule is CCN1CCC2(CC1)OCCc1cc(C(=O)NCCc3ccncc3)sc12. The molecule has 1 fully saturated rings. The van der Waals surface area contributed by atoms with Crippen molar-refractivity contribution < 1.29 is 9.53 Å². The zero-order chi connectivity index (χ0) is 18.7. The number of carbonyl (C=O) groups is 1. The van der Waals surface area contributed by atoms with Crippen molar-refractivity contribution in [3.63, 3.8) is 0 Å². The van der Waals surface area contributed by atoms with Crippen molar-refractivity contribution in [1.82, 2.24) is 15.2 Å². The minimum atomic E-state index is -0.167. The quantitative estimate of drug-likeness (QED) is 0.860. The first kappa shape index (κ1) is 18.6. The molecule has 0 unspecified atom stereocenters. The number of nitrogens with one attached hydrogen (secondary N) is 1. The molecule has 144 valence electrons. The van der Waals surface area contributed by atoms with Gasteiger partial charge in [-0.05, 0) is 61.6 Å². The monoisotopic (exact) mass is 385 g/mol. The third kappa shape index (κ3) is 3.93. The molecule has 27 heavy (non-hydrogen) atoms. The summed E-state index contributed by atoms with van der Waals surface area (Å²) in [5, 5.41) is 3.07. The Morgan fingerprint density at radius 3 is 2.85 bits per heavy atom. The molecule has 1 amide bonds. The number of aromatic nitrogens is 1. The summed E-state index contributed by atoms with van der Waals surface area (Å²) in [5.41, 5.74) is 2.33. The Balaban J connectivity index is 1.42. The number of piperidine rings is 1. The molecule has 0 radical (unpaired) electrons. The van der Waals surface area contributed by atoms with Crippen molar-refractivity contribution >= 4 is 17.2 Å². The molecule has 0 aromatic carbocycles. The van der Waals surface area contributed by atoms with Gasteiger partial charge in [-0.25, -0.2) is 0 Å². The molecule has 2 aromatic heterocycles. The predicted molar refractivity (Wildman–Crippen MR) is 107 cm³/mol. The van der Waals surface area contributed by atoms with Crippen LogP contribution in [0, 0.1) is 0 Å². The van der Waals surface area contributed by atoms with Crippen LogP contribution >= 0.6 is 11.3 Å². The smallest absolute Gasteiger partial charge is 0.261 e. The lowest BCUT2D eigenvalue weighted by Gasteiger charge is -2.43. The number of carbonyl (C=O) groups excluding carboxylic acids is 1. The summed E-state index contributed by atoms with van der Waals surface area (Å²) < 4.78 is 6.30. The highest BCUT2D eigenvalue weighted by atomic mass is 32.1. The second-order valence-corrected chi connectivity index (χ2v) is 8.41. The van der Waals surface area contributed by atoms with Gasteiger partial charge in [-0.2, -0.15) is 0 Å². The number of likely N-dealkylation sites (tertiary alicyclic amines) is 1. The van der Waals surface area contributed by atoms with E-state index in [2.05, 4.69) is 28.2 Å². The van der Waals surface area contributed by atoms with E-state index >= 15 is 0 Å². The highest BCUT2D eigenvalue weighted by Crippen LogP contribution is 2.45. The molecule has 4 heterocycles. The van der Waals surface area contributed by atoms with Gasteiger partial charge in [0, 0.05) is 36.9 Å². The molecular weight excluding hydrogens is 358 g/mol. The van der Waals surface area contributed by atoms with Crippen LogP contribution in [0.1, 0.15) is 45.4 Å². The van der Waals surface area contributed by atoms with E-state index in [9.17, 15) is 4.79 Å². The van der Waals surface area contributed by atoms with Crippen LogP contribution < -0.4 is 5.32 Å². The first-order valence-corrected chi connectivity index (χ1v) is 10.7. The molecule has 2 aromatic rings. The van der Waals surface area contributed by atoms with E-state index in [4.69, 9.17) is 4.74 Å². The minimum absolute atomic E-state index is 0.0320. The molecule has 0 bridgehead atoms. The van der Waals surface area contributed by atoms with Gasteiger partial charge in [0.1, 0.15) is 5.60 Å². The van der Waals surface area contributed by atoms with Crippen LogP contribution in [-0.4, -0.2) is 48.6 Å². The number of ether oxygens (including phenoxy) is 1. The van der Waals surface area contributed by atoms with E-state index in [0.717, 1.165) is 56.8 Å². The molecule has 4 rings (SSSR count). The van der Waals surface area contributed by atoms with Crippen LogP contribution in [0.5, 0.6) is 0 Å². The Morgan fingerprint density at radius 2 is 2.11 bits per heavy atom. The third-order valence-electron chi connectivity index (χ3n) is 5.76. The zero-order valence-corrected chi connectivity index (χ0v) is 16.7. The fourth-order valence-corrected chi connectivity index (χ4v) is 5.42. The van der Waals surface area contributed by atoms with Gasteiger partial charge in [-0.15, -0.1) is 11.3 Å². The highest BCUT2D eigenvalue weighted by molar-refractivity contribution is 7.14. The Bertz CT molecular complexity index is 782. The number of nitrogens with zero attached hydrogens (tertiary/aromatic N) is 2. The van der Waals surface area contributed by atoms with Gasteiger partial charge in [0.25, 0.3) is 5.91 Å². The average Bonchev–Trinajstić information content (AvgIpc) is 3.16. The molecule has 1 saturated heterocycles. The number of hydrogen-bond donors (Lipinski definition) is 1. The average molecular weight is 386 g/mol. The lowest BCUT2D eigenvalue weighted by atomic mass is 9.85. The molecule has 0 saturated carbocycles. The minimum Gasteiger partial charge on any atom is -0.369 e. The number of thiophene rings is 1. The van der Waals surface area contributed by atoms with Crippen molar-refractivity contribution in [2.45, 2.75) is 38.2 Å². The number of pyridine rings is 1. The standard InChI is InChI=1S/C21H27N3O2S/c1-2-24-12-7-21(8-13-24)19-17(6-14-26-21)15-18(27-19)20(25)23-11-5-16-3-9-22-10-4-16/h3-4,9-10,15H,2,5-8,11-14H2,1H3,(H,23,25). The van der Waals surface area contributed by atoms with Gasteiger partial charge in [-0.1, -0.05) is 6.92 Å². The van der Waals surface area contributed by atoms with E-state index in [1.54, 1.807) is 23.7 Å². The summed E-state index contributed by atoms with van der Waals surface area (Å²) in [6.45, 7) is 6.85. The van der Waals surface area contributed by atoms with Crippen molar-refractivity contribution in [3.05, 3.63) is 51.5 Å². The lowest BCUT2D eigenvalue weighted by Crippen LogP contribution is -2.45. The first-order valence-electron chi connectivity index (χ1n) is 9.87. The van der Waals surface area contributed by atoms with Gasteiger partial charge >= 0.3 is 0 Å². The zero-order valence-electron chi connectivity index (χ0n) is 15.9. The Labute approximate surface area is 164 Å². The molecule has 2 aliphatic rings. The fraction of sp³-hybridized carbons (Fsp3) is 0.524. The Hall–Kier alpha value is -1.76. The third-order valence-corrected chi connectivity index (χ3v) is 7.12. The maximum Gasteiger partial charge on any atom is 0.261 e. The summed E-state index contributed by atoms with van der Waals surface area (Å²) >= 11 is 1.64. The largest absolute Gasteiger partial charge is 0.369 e. The van der Waals surface area contributed by atoms with Crippen molar-refractivity contribution in [2.75, 3.05) is 32.8 Å². The van der Waals surface area contributed by atoms with Crippen LogP contribution in [0.4, 0.5) is 0 Å². The van der Waals surface area contributed by atoms with Crippen molar-refractivity contribution in [3.8, 4) is 0 Å². The maximum atomic E-state index is 12.7. The van der Waals surface area contributed by atoms with Gasteiger partial charge in [0.15, 0.2) is 0 Å². The molecule has 1 N–H and O–H groups in total. The van der Waals surface area contributed by atoms with Crippen LogP contribution in [0.2, 0.25) is 0 Å². The first-order chi connectivity index (χ1) is 13.2. The molecule has 0 atom stereocenters. The summed E-state index contributed by atoms with van der Waals surface area (Å²) in [6, 6.07) is 6.07. The van der Waals surface area contributed by atoms with Crippen LogP contribution in [-0.2, 0) is 23.2 Å². The Kier molecular flexibility index (Phi) is 5.57. The molecule has 0 aliphatic carbocycles. The van der Waals surface area contributed by atoms with Gasteiger partial charge in [0.05, 0.1) is 11.5 Å². The second-order valence-electron chi connectivity index (χ2n) is 7.35. The topological polar surface area (TPSA) is 54.5 Å². The highest BCUT2D eigenvalue weighted by Gasteiger charge is 2.42. The number of rotatable bonds is 5. The van der Waals surface area contributed by atoms with E-state index < -0.39 is 0 Å². The van der Waals surface area contributed by atoms with Crippen molar-refractivity contribution in [2.24, 2.45) is 0 Å². The summed E-state index contributed by atoms with van der Waals surface area (Å²) in [4.78, 5) is 21.3. The van der Waals surface area contributed by atoms with E-state index in [0.29, 0.717) is 6.54 Å².